The number of nitrogens with one attached hydrogen (secondary N) is 2. The maximum Gasteiger partial charge on any atom is 0.146 e. The third kappa shape index (κ3) is 3.76. The van der Waals surface area contributed by atoms with Crippen molar-refractivity contribution in [2.24, 2.45) is 0 Å². The number of halogens is 2. The lowest BCUT2D eigenvalue weighted by molar-refractivity contribution is 1.12. The lowest BCUT2D eigenvalue weighted by atomic mass is 10.2. The van der Waals surface area contributed by atoms with E-state index in [0.717, 1.165) is 0 Å². The Balaban J connectivity index is 2.80. The molecule has 0 aromatic carbocycles. The summed E-state index contributed by atoms with van der Waals surface area (Å²) in [5.74, 6) is 2.21. The molecule has 0 atom stereocenters. The second-order valence-corrected chi connectivity index (χ2v) is 3.69. The Morgan fingerprint density at radius 2 is 1.88 bits per heavy atom. The topological polar surface area (TPSA) is 60.7 Å². The van der Waals surface area contributed by atoms with Gasteiger partial charge >= 0.3 is 0 Å². The van der Waals surface area contributed by atoms with Crippen molar-refractivity contribution in [1.29, 1.82) is 5.26 Å². The van der Waals surface area contributed by atoms with Crippen molar-refractivity contribution in [1.82, 2.24) is 4.98 Å². The van der Waals surface area contributed by atoms with Crippen LogP contribution < -0.4 is 10.6 Å². The Bertz CT molecular complexity index is 376. The van der Waals surface area contributed by atoms with Gasteiger partial charge in [-0.1, -0.05) is 0 Å². The van der Waals surface area contributed by atoms with Gasteiger partial charge < -0.3 is 10.6 Å². The minimum atomic E-state index is 0.464. The van der Waals surface area contributed by atoms with Crippen LogP contribution in [0.15, 0.2) is 12.1 Å². The quantitative estimate of drug-likeness (QED) is 0.769. The highest BCUT2D eigenvalue weighted by atomic mass is 35.5. The Labute approximate surface area is 105 Å². The average molecular weight is 259 g/mol. The van der Waals surface area contributed by atoms with Crippen molar-refractivity contribution < 1.29 is 0 Å². The predicted octanol–water partition coefficient (Wildman–Crippen LogP) is 2.25. The van der Waals surface area contributed by atoms with Crippen LogP contribution in [-0.2, 0) is 0 Å². The molecule has 0 fully saturated rings. The van der Waals surface area contributed by atoms with Gasteiger partial charge in [-0.25, -0.2) is 4.98 Å². The van der Waals surface area contributed by atoms with E-state index in [2.05, 4.69) is 21.7 Å². The Kier molecular flexibility index (Phi) is 5.76. The largest absolute Gasteiger partial charge is 0.369 e. The van der Waals surface area contributed by atoms with Crippen molar-refractivity contribution >= 4 is 34.8 Å². The fourth-order valence-electron chi connectivity index (χ4n) is 1.12. The van der Waals surface area contributed by atoms with Crippen LogP contribution in [0.5, 0.6) is 0 Å². The molecule has 0 aliphatic heterocycles. The first kappa shape index (κ1) is 12.9. The number of alkyl halides is 2. The second-order valence-electron chi connectivity index (χ2n) is 2.94. The van der Waals surface area contributed by atoms with Gasteiger partial charge in [0.2, 0.25) is 0 Å². The zero-order chi connectivity index (χ0) is 11.8. The van der Waals surface area contributed by atoms with Crippen LogP contribution in [0.25, 0.3) is 0 Å². The van der Waals surface area contributed by atoms with E-state index in [1.54, 1.807) is 12.1 Å². The summed E-state index contributed by atoms with van der Waals surface area (Å²) < 4.78 is 0. The highest BCUT2D eigenvalue weighted by Crippen LogP contribution is 2.15. The Morgan fingerprint density at radius 1 is 1.19 bits per heavy atom. The zero-order valence-corrected chi connectivity index (χ0v) is 10.1. The molecule has 1 aromatic heterocycles. The molecule has 0 bridgehead atoms. The minimum Gasteiger partial charge on any atom is -0.369 e. The van der Waals surface area contributed by atoms with Crippen LogP contribution in [0.1, 0.15) is 5.56 Å². The van der Waals surface area contributed by atoms with E-state index in [1.165, 1.54) is 0 Å². The Hall–Kier alpha value is -1.18. The molecule has 0 unspecified atom stereocenters. The van der Waals surface area contributed by atoms with Crippen LogP contribution in [0.4, 0.5) is 11.6 Å². The fourth-order valence-corrected chi connectivity index (χ4v) is 1.31. The number of anilines is 2. The molecule has 0 radical (unpaired) electrons. The van der Waals surface area contributed by atoms with Gasteiger partial charge in [0.15, 0.2) is 0 Å². The second kappa shape index (κ2) is 7.15. The lowest BCUT2D eigenvalue weighted by Crippen LogP contribution is -2.09. The predicted molar refractivity (Wildman–Crippen MR) is 67.4 cm³/mol. The van der Waals surface area contributed by atoms with Gasteiger partial charge in [-0.3, -0.25) is 0 Å². The summed E-state index contributed by atoms with van der Waals surface area (Å²) in [4.78, 5) is 4.26. The number of hydrogen-bond donors (Lipinski definition) is 2. The van der Waals surface area contributed by atoms with E-state index in [0.29, 0.717) is 42.0 Å². The van der Waals surface area contributed by atoms with Gasteiger partial charge in [-0.15, -0.1) is 23.2 Å². The van der Waals surface area contributed by atoms with Gasteiger partial charge in [0.1, 0.15) is 17.7 Å². The summed E-state index contributed by atoms with van der Waals surface area (Å²) >= 11 is 11.1. The van der Waals surface area contributed by atoms with Crippen LogP contribution in [-0.4, -0.2) is 29.8 Å². The van der Waals surface area contributed by atoms with E-state index in [9.17, 15) is 0 Å². The van der Waals surface area contributed by atoms with Crippen LogP contribution in [0, 0.1) is 11.3 Å². The molecule has 0 aliphatic rings. The maximum atomic E-state index is 8.88. The molecule has 1 aromatic rings. The van der Waals surface area contributed by atoms with Crippen LogP contribution >= 0.6 is 23.2 Å². The summed E-state index contributed by atoms with van der Waals surface area (Å²) in [7, 11) is 0. The number of nitriles is 1. The molecular formula is C10H12Cl2N4. The van der Waals surface area contributed by atoms with Gasteiger partial charge in [0.05, 0.1) is 5.56 Å². The number of nitrogens with zero attached hydrogens (tertiary/aromatic N) is 2. The van der Waals surface area contributed by atoms with Crippen molar-refractivity contribution in [3.63, 3.8) is 0 Å². The smallest absolute Gasteiger partial charge is 0.146 e. The summed E-state index contributed by atoms with van der Waals surface area (Å²) in [5, 5.41) is 14.9. The molecule has 0 spiro atoms. The Morgan fingerprint density at radius 3 is 2.50 bits per heavy atom. The van der Waals surface area contributed by atoms with E-state index in [1.807, 2.05) is 0 Å². The zero-order valence-electron chi connectivity index (χ0n) is 8.63. The van der Waals surface area contributed by atoms with E-state index >= 15 is 0 Å². The molecule has 1 rings (SSSR count). The van der Waals surface area contributed by atoms with Gasteiger partial charge in [-0.2, -0.15) is 5.26 Å². The molecule has 0 saturated heterocycles. The molecule has 0 aliphatic carbocycles. The molecule has 0 saturated carbocycles. The third-order valence-electron chi connectivity index (χ3n) is 1.80. The molecule has 2 N–H and O–H groups in total. The summed E-state index contributed by atoms with van der Waals surface area (Å²) in [5.41, 5.74) is 0.501. The number of aromatic nitrogens is 1. The molecular weight excluding hydrogens is 247 g/mol. The van der Waals surface area contributed by atoms with Crippen molar-refractivity contribution in [2.45, 2.75) is 0 Å². The van der Waals surface area contributed by atoms with Gasteiger partial charge in [-0.05, 0) is 12.1 Å². The molecule has 86 valence electrons. The summed E-state index contributed by atoms with van der Waals surface area (Å²) in [6.07, 6.45) is 0. The molecule has 1 heterocycles. The fraction of sp³-hybridized carbons (Fsp3) is 0.400. The maximum absolute atomic E-state index is 8.88. The monoisotopic (exact) mass is 258 g/mol. The number of hydrogen-bond acceptors (Lipinski definition) is 4. The van der Waals surface area contributed by atoms with Crippen molar-refractivity contribution in [2.75, 3.05) is 35.5 Å². The number of rotatable bonds is 6. The molecule has 0 amide bonds. The van der Waals surface area contributed by atoms with Crippen molar-refractivity contribution in [3.05, 3.63) is 17.7 Å². The highest BCUT2D eigenvalue weighted by molar-refractivity contribution is 6.18. The van der Waals surface area contributed by atoms with E-state index < -0.39 is 0 Å². The SMILES string of the molecule is N#Cc1ccc(NCCCl)nc1NCCCl. The third-order valence-corrected chi connectivity index (χ3v) is 2.18. The summed E-state index contributed by atoms with van der Waals surface area (Å²) in [6.45, 7) is 1.21. The first-order valence-corrected chi connectivity index (χ1v) is 5.89. The van der Waals surface area contributed by atoms with Gasteiger partial charge in [0, 0.05) is 24.8 Å². The lowest BCUT2D eigenvalue weighted by Gasteiger charge is -2.08. The molecule has 6 heteroatoms. The minimum absolute atomic E-state index is 0.464. The van der Waals surface area contributed by atoms with Crippen LogP contribution in [0.3, 0.4) is 0 Å². The van der Waals surface area contributed by atoms with Crippen molar-refractivity contribution in [3.8, 4) is 6.07 Å². The van der Waals surface area contributed by atoms with Crippen LogP contribution in [0.2, 0.25) is 0 Å². The summed E-state index contributed by atoms with van der Waals surface area (Å²) in [6, 6.07) is 5.52. The highest BCUT2D eigenvalue weighted by Gasteiger charge is 2.04. The first-order chi connectivity index (χ1) is 7.81. The number of pyridine rings is 1. The molecule has 4 nitrogen and oxygen atoms in total. The molecule has 16 heavy (non-hydrogen) atoms. The average Bonchev–Trinajstić information content (AvgIpc) is 2.33. The standard InChI is InChI=1S/C10H12Cl2N4/c11-3-5-14-9-2-1-8(7-13)10(16-9)15-6-4-12/h1-2H,3-6H2,(H2,14,15,16). The van der Waals surface area contributed by atoms with E-state index in [-0.39, 0.29) is 0 Å². The first-order valence-electron chi connectivity index (χ1n) is 4.82. The normalized spacial score (nSPS) is 9.56. The van der Waals surface area contributed by atoms with Gasteiger partial charge in [0.25, 0.3) is 0 Å². The van der Waals surface area contributed by atoms with E-state index in [4.69, 9.17) is 28.5 Å².